The van der Waals surface area contributed by atoms with Crippen LogP contribution < -0.4 is 0 Å². The molecule has 0 N–H and O–H groups in total. The molecule has 0 bridgehead atoms. The molecule has 0 amide bonds. The minimum Gasteiger partial charge on any atom is -0.346 e. The zero-order chi connectivity index (χ0) is 11.7. The molecule has 0 aliphatic carbocycles. The average molecular weight is 301 g/mol. The van der Waals surface area contributed by atoms with Crippen LogP contribution in [-0.2, 0) is 18.9 Å². The van der Waals surface area contributed by atoms with Gasteiger partial charge in [0.05, 0.1) is 26.4 Å². The predicted molar refractivity (Wildman–Crippen MR) is 63.4 cm³/mol. The Hall–Kier alpha value is -0.460. The Bertz CT molecular complexity index is 363. The van der Waals surface area contributed by atoms with Crippen LogP contribution in [0.4, 0.5) is 0 Å². The van der Waals surface area contributed by atoms with E-state index in [2.05, 4.69) is 15.9 Å². The van der Waals surface area contributed by atoms with Gasteiger partial charge in [-0.05, 0) is 15.9 Å². The molecule has 1 aromatic carbocycles. The summed E-state index contributed by atoms with van der Waals surface area (Å²) in [6, 6.07) is 5.93. The van der Waals surface area contributed by atoms with Gasteiger partial charge in [-0.25, -0.2) is 0 Å². The van der Waals surface area contributed by atoms with Crippen molar-refractivity contribution in [2.75, 3.05) is 26.4 Å². The van der Waals surface area contributed by atoms with E-state index in [0.29, 0.717) is 26.4 Å². The molecule has 1 aromatic rings. The van der Waals surface area contributed by atoms with Crippen molar-refractivity contribution in [1.82, 2.24) is 0 Å². The van der Waals surface area contributed by atoms with E-state index in [4.69, 9.17) is 18.9 Å². The van der Waals surface area contributed by atoms with E-state index in [0.717, 1.165) is 15.6 Å². The van der Waals surface area contributed by atoms with E-state index in [1.54, 1.807) is 0 Å². The van der Waals surface area contributed by atoms with Crippen molar-refractivity contribution < 1.29 is 18.9 Å². The first-order valence-electron chi connectivity index (χ1n) is 5.61. The molecule has 0 saturated carbocycles. The maximum absolute atomic E-state index is 5.50. The molecular formula is C12H13BrO4. The molecule has 17 heavy (non-hydrogen) atoms. The summed E-state index contributed by atoms with van der Waals surface area (Å²) in [5.41, 5.74) is 1.97. The van der Waals surface area contributed by atoms with Crippen molar-refractivity contribution in [1.29, 1.82) is 0 Å². The lowest BCUT2D eigenvalue weighted by Gasteiger charge is -2.17. The van der Waals surface area contributed by atoms with E-state index < -0.39 is 0 Å². The quantitative estimate of drug-likeness (QED) is 0.841. The number of hydrogen-bond donors (Lipinski definition) is 0. The summed E-state index contributed by atoms with van der Waals surface area (Å²) in [7, 11) is 0. The SMILES string of the molecule is Brc1c(C2OCCO2)cccc1C1OCCO1. The lowest BCUT2D eigenvalue weighted by Crippen LogP contribution is -2.05. The van der Waals surface area contributed by atoms with Crippen LogP contribution in [-0.4, -0.2) is 26.4 Å². The summed E-state index contributed by atoms with van der Waals surface area (Å²) in [5.74, 6) is 0. The summed E-state index contributed by atoms with van der Waals surface area (Å²) >= 11 is 3.58. The van der Waals surface area contributed by atoms with Crippen LogP contribution >= 0.6 is 15.9 Å². The van der Waals surface area contributed by atoms with Crippen molar-refractivity contribution in [3.63, 3.8) is 0 Å². The highest BCUT2D eigenvalue weighted by Crippen LogP contribution is 2.36. The largest absolute Gasteiger partial charge is 0.346 e. The van der Waals surface area contributed by atoms with Crippen LogP contribution in [0.2, 0.25) is 0 Å². The molecule has 2 heterocycles. The fraction of sp³-hybridized carbons (Fsp3) is 0.500. The van der Waals surface area contributed by atoms with Crippen LogP contribution in [0.25, 0.3) is 0 Å². The van der Waals surface area contributed by atoms with Gasteiger partial charge in [0.15, 0.2) is 12.6 Å². The van der Waals surface area contributed by atoms with Gasteiger partial charge in [-0.3, -0.25) is 0 Å². The Balaban J connectivity index is 1.91. The van der Waals surface area contributed by atoms with Gasteiger partial charge in [0.25, 0.3) is 0 Å². The van der Waals surface area contributed by atoms with Gasteiger partial charge in [-0.1, -0.05) is 18.2 Å². The highest BCUT2D eigenvalue weighted by atomic mass is 79.9. The monoisotopic (exact) mass is 300 g/mol. The van der Waals surface area contributed by atoms with E-state index in [9.17, 15) is 0 Å². The second-order valence-electron chi connectivity index (χ2n) is 3.90. The van der Waals surface area contributed by atoms with Crippen molar-refractivity contribution in [2.24, 2.45) is 0 Å². The molecule has 0 aromatic heterocycles. The van der Waals surface area contributed by atoms with Crippen molar-refractivity contribution >= 4 is 15.9 Å². The van der Waals surface area contributed by atoms with E-state index >= 15 is 0 Å². The van der Waals surface area contributed by atoms with Crippen molar-refractivity contribution in [3.8, 4) is 0 Å². The molecule has 0 unspecified atom stereocenters. The Morgan fingerprint density at radius 2 is 1.24 bits per heavy atom. The van der Waals surface area contributed by atoms with Gasteiger partial charge in [0.2, 0.25) is 0 Å². The molecule has 0 atom stereocenters. The fourth-order valence-electron chi connectivity index (χ4n) is 2.01. The number of benzene rings is 1. The predicted octanol–water partition coefficient (Wildman–Crippen LogP) is 2.54. The van der Waals surface area contributed by atoms with Crippen LogP contribution in [0.5, 0.6) is 0 Å². The first-order valence-corrected chi connectivity index (χ1v) is 6.40. The number of ether oxygens (including phenoxy) is 4. The zero-order valence-electron chi connectivity index (χ0n) is 9.23. The molecule has 92 valence electrons. The molecule has 2 saturated heterocycles. The van der Waals surface area contributed by atoms with Gasteiger partial charge < -0.3 is 18.9 Å². The minimum atomic E-state index is -0.286. The summed E-state index contributed by atoms with van der Waals surface area (Å²) in [6.45, 7) is 2.55. The molecule has 2 fully saturated rings. The molecular weight excluding hydrogens is 288 g/mol. The number of rotatable bonds is 2. The van der Waals surface area contributed by atoms with Gasteiger partial charge in [0, 0.05) is 15.6 Å². The van der Waals surface area contributed by atoms with Crippen LogP contribution in [0.1, 0.15) is 23.7 Å². The van der Waals surface area contributed by atoms with Gasteiger partial charge >= 0.3 is 0 Å². The highest BCUT2D eigenvalue weighted by Gasteiger charge is 2.26. The zero-order valence-corrected chi connectivity index (χ0v) is 10.8. The summed E-state index contributed by atoms with van der Waals surface area (Å²) in [6.07, 6.45) is -0.573. The number of hydrogen-bond acceptors (Lipinski definition) is 4. The fourth-order valence-corrected chi connectivity index (χ4v) is 2.65. The van der Waals surface area contributed by atoms with Gasteiger partial charge in [-0.15, -0.1) is 0 Å². The molecule has 5 heteroatoms. The molecule has 0 spiro atoms. The Morgan fingerprint density at radius 1 is 0.824 bits per heavy atom. The topological polar surface area (TPSA) is 36.9 Å². The van der Waals surface area contributed by atoms with Crippen LogP contribution in [0, 0.1) is 0 Å². The first kappa shape index (κ1) is 11.6. The third kappa shape index (κ3) is 2.26. The molecule has 2 aliphatic rings. The molecule has 3 rings (SSSR count). The molecule has 2 aliphatic heterocycles. The first-order chi connectivity index (χ1) is 8.36. The Morgan fingerprint density at radius 3 is 1.65 bits per heavy atom. The lowest BCUT2D eigenvalue weighted by molar-refractivity contribution is -0.0502. The summed E-state index contributed by atoms with van der Waals surface area (Å²) < 4.78 is 23.0. The Labute approximate surface area is 108 Å². The maximum atomic E-state index is 5.50. The molecule has 0 radical (unpaired) electrons. The number of halogens is 1. The maximum Gasteiger partial charge on any atom is 0.185 e. The smallest absolute Gasteiger partial charge is 0.185 e. The van der Waals surface area contributed by atoms with Crippen molar-refractivity contribution in [2.45, 2.75) is 12.6 Å². The van der Waals surface area contributed by atoms with E-state index in [1.165, 1.54) is 0 Å². The van der Waals surface area contributed by atoms with Crippen LogP contribution in [0.15, 0.2) is 22.7 Å². The van der Waals surface area contributed by atoms with Crippen molar-refractivity contribution in [3.05, 3.63) is 33.8 Å². The highest BCUT2D eigenvalue weighted by molar-refractivity contribution is 9.10. The normalized spacial score (nSPS) is 22.4. The second-order valence-corrected chi connectivity index (χ2v) is 4.69. The van der Waals surface area contributed by atoms with E-state index in [1.807, 2.05) is 18.2 Å². The third-order valence-corrected chi connectivity index (χ3v) is 3.73. The van der Waals surface area contributed by atoms with Crippen LogP contribution in [0.3, 0.4) is 0 Å². The van der Waals surface area contributed by atoms with Gasteiger partial charge in [-0.2, -0.15) is 0 Å². The summed E-state index contributed by atoms with van der Waals surface area (Å²) in [4.78, 5) is 0. The lowest BCUT2D eigenvalue weighted by atomic mass is 10.1. The third-order valence-electron chi connectivity index (χ3n) is 2.81. The second kappa shape index (κ2) is 5.04. The Kier molecular flexibility index (Phi) is 3.44. The molecule has 4 nitrogen and oxygen atoms in total. The standard InChI is InChI=1S/C12H13BrO4/c13-10-8(11-14-4-5-15-11)2-1-3-9(10)12-16-6-7-17-12/h1-3,11-12H,4-7H2. The summed E-state index contributed by atoms with van der Waals surface area (Å²) in [5, 5.41) is 0. The van der Waals surface area contributed by atoms with Gasteiger partial charge in [0.1, 0.15) is 0 Å². The minimum absolute atomic E-state index is 0.286. The van der Waals surface area contributed by atoms with E-state index in [-0.39, 0.29) is 12.6 Å². The average Bonchev–Trinajstić information content (AvgIpc) is 3.02.